The van der Waals surface area contributed by atoms with E-state index in [0.29, 0.717) is 10.1 Å². The van der Waals surface area contributed by atoms with Crippen LogP contribution in [0.5, 0.6) is 0 Å². The summed E-state index contributed by atoms with van der Waals surface area (Å²) in [4.78, 5) is 11.4. The van der Waals surface area contributed by atoms with E-state index in [1.807, 2.05) is 0 Å². The number of aliphatic hydroxyl groups excluding tert-OH is 1. The zero-order chi connectivity index (χ0) is 18.5. The molecule has 10 heteroatoms. The van der Waals surface area contributed by atoms with Crippen molar-refractivity contribution in [3.63, 3.8) is 0 Å². The van der Waals surface area contributed by atoms with Crippen molar-refractivity contribution < 1.29 is 27.6 Å². The van der Waals surface area contributed by atoms with Crippen molar-refractivity contribution >= 4 is 32.8 Å². The molecular weight excluding hydrogens is 376 g/mol. The number of benzene rings is 1. The lowest BCUT2D eigenvalue weighted by Gasteiger charge is -2.14. The number of hydrogen-bond donors (Lipinski definition) is 1. The molecule has 0 aliphatic heterocycles. The average Bonchev–Trinajstić information content (AvgIpc) is 2.43. The second kappa shape index (κ2) is 8.32. The number of hydrogen-bond acceptors (Lipinski definition) is 4. The zero-order valence-electron chi connectivity index (χ0n) is 14.0. The average molecular weight is 398 g/mol. The van der Waals surface area contributed by atoms with Crippen LogP contribution >= 0.6 is 0 Å². The number of carbonyl (C=O) groups excluding carboxylic acids is 1. The molecule has 0 aromatic heterocycles. The summed E-state index contributed by atoms with van der Waals surface area (Å²) in [7, 11) is -3.95. The van der Waals surface area contributed by atoms with Gasteiger partial charge in [0.2, 0.25) is 0 Å². The summed E-state index contributed by atoms with van der Waals surface area (Å²) in [6, 6.07) is 2.52. The summed E-state index contributed by atoms with van der Waals surface area (Å²) >= 11 is 0. The first-order valence-corrected chi connectivity index (χ1v) is 14.1. The van der Waals surface area contributed by atoms with Gasteiger partial charge in [0, 0.05) is 34.9 Å². The van der Waals surface area contributed by atoms with Crippen molar-refractivity contribution in [3.8, 4) is 0 Å². The fourth-order valence-corrected chi connectivity index (χ4v) is 4.41. The minimum atomic E-state index is -3.03. The van der Waals surface area contributed by atoms with Crippen LogP contribution in [0.15, 0.2) is 21.4 Å². The van der Waals surface area contributed by atoms with Crippen molar-refractivity contribution in [2.24, 2.45) is 4.36 Å². The molecule has 0 saturated carbocycles. The quantitative estimate of drug-likeness (QED) is 0.773. The first-order valence-electron chi connectivity index (χ1n) is 7.10. The lowest BCUT2D eigenvalue weighted by atomic mass is 10.2. The molecule has 0 bridgehead atoms. The molecule has 24 heavy (non-hydrogen) atoms. The van der Waals surface area contributed by atoms with Gasteiger partial charge in [0.1, 0.15) is 11.6 Å². The molecule has 5 nitrogen and oxygen atoms in total. The highest BCUT2D eigenvalue weighted by Crippen LogP contribution is 2.19. The number of nitrogens with zero attached hydrogens (tertiary/aromatic N) is 1. The lowest BCUT2D eigenvalue weighted by molar-refractivity contribution is 0.164. The van der Waals surface area contributed by atoms with E-state index in [9.17, 15) is 17.8 Å². The van der Waals surface area contributed by atoms with Crippen LogP contribution in [0.25, 0.3) is 0 Å². The number of rotatable bonds is 5. The third-order valence-corrected chi connectivity index (χ3v) is 7.99. The third-order valence-electron chi connectivity index (χ3n) is 3.03. The van der Waals surface area contributed by atoms with Gasteiger partial charge in [0.15, 0.2) is 0 Å². The molecule has 1 amide bonds. The van der Waals surface area contributed by atoms with E-state index in [1.165, 1.54) is 6.26 Å². The molecule has 0 spiro atoms. The van der Waals surface area contributed by atoms with E-state index in [2.05, 4.69) is 24.0 Å². The van der Waals surface area contributed by atoms with Gasteiger partial charge in [-0.05, 0) is 18.2 Å². The fraction of sp³-hybridized carbons (Fsp3) is 0.500. The van der Waals surface area contributed by atoms with Gasteiger partial charge < -0.3 is 9.84 Å². The molecule has 1 unspecified atom stereocenters. The van der Waals surface area contributed by atoms with Crippen LogP contribution in [0.1, 0.15) is 5.56 Å². The Hall–Kier alpha value is -1.10. The molecule has 0 radical (unpaired) electrons. The van der Waals surface area contributed by atoms with Gasteiger partial charge in [0.25, 0.3) is 0 Å². The Morgan fingerprint density at radius 3 is 2.33 bits per heavy atom. The minimum absolute atomic E-state index is 0.140. The molecule has 0 heterocycles. The highest BCUT2D eigenvalue weighted by molar-refractivity contribution is 8.35. The van der Waals surface area contributed by atoms with Crippen LogP contribution in [0.2, 0.25) is 25.7 Å². The van der Waals surface area contributed by atoms with Crippen LogP contribution in [0, 0.1) is 11.6 Å². The van der Waals surface area contributed by atoms with Crippen LogP contribution in [-0.4, -0.2) is 36.3 Å². The number of aliphatic hydroxyl groups is 1. The summed E-state index contributed by atoms with van der Waals surface area (Å²) < 4.78 is 48.3. The molecule has 136 valence electrons. The van der Waals surface area contributed by atoms with Gasteiger partial charge in [0.05, 0.1) is 21.7 Å². The maximum atomic E-state index is 13.7. The van der Waals surface area contributed by atoms with Crippen molar-refractivity contribution in [2.45, 2.75) is 37.2 Å². The maximum Gasteiger partial charge on any atom is 0.444 e. The van der Waals surface area contributed by atoms with Crippen molar-refractivity contribution in [2.75, 3.05) is 12.9 Å². The number of ether oxygens (including phenoxy) is 1. The Labute approximate surface area is 144 Å². The highest BCUT2D eigenvalue weighted by atomic mass is 32.9. The Kier molecular flexibility index (Phi) is 7.26. The molecule has 1 aromatic carbocycles. The second-order valence-electron chi connectivity index (χ2n) is 6.39. The molecule has 0 aliphatic rings. The van der Waals surface area contributed by atoms with Crippen LogP contribution in [0.3, 0.4) is 0 Å². The van der Waals surface area contributed by atoms with E-state index in [0.717, 1.165) is 18.2 Å². The molecule has 1 atom stereocenters. The normalized spacial score (nSPS) is 14.0. The Bertz CT molecular complexity index is 756. The summed E-state index contributed by atoms with van der Waals surface area (Å²) in [5, 5.41) is 8.88. The van der Waals surface area contributed by atoms with Crippen molar-refractivity contribution in [1.82, 2.24) is 0 Å². The van der Waals surface area contributed by atoms with Gasteiger partial charge >= 0.3 is 6.09 Å². The second-order valence-corrected chi connectivity index (χ2v) is 16.7. The lowest BCUT2D eigenvalue weighted by Crippen LogP contribution is -2.22. The summed E-state index contributed by atoms with van der Waals surface area (Å²) in [6.45, 7) is 5.82. The van der Waals surface area contributed by atoms with E-state index in [4.69, 9.17) is 9.84 Å². The molecular formula is C14H21F2NO4S2Si. The number of halogens is 2. The molecule has 0 fully saturated rings. The van der Waals surface area contributed by atoms with Crippen LogP contribution in [0.4, 0.5) is 13.6 Å². The van der Waals surface area contributed by atoms with Gasteiger partial charge in [-0.1, -0.05) is 19.6 Å². The monoisotopic (exact) mass is 397 g/mol. The predicted octanol–water partition coefficient (Wildman–Crippen LogP) is 3.39. The molecule has 0 aliphatic carbocycles. The largest absolute Gasteiger partial charge is 0.448 e. The third kappa shape index (κ3) is 6.42. The topological polar surface area (TPSA) is 76.0 Å². The summed E-state index contributed by atoms with van der Waals surface area (Å²) in [5.41, 5.74) is -0.498. The molecule has 1 N–H and O–H groups in total. The van der Waals surface area contributed by atoms with E-state index in [1.54, 1.807) is 0 Å². The summed E-state index contributed by atoms with van der Waals surface area (Å²) in [5.74, 6) is -2.00. The maximum absolute atomic E-state index is 13.7. The van der Waals surface area contributed by atoms with Crippen LogP contribution < -0.4 is 0 Å². The number of amides is 1. The minimum Gasteiger partial charge on any atom is -0.448 e. The Morgan fingerprint density at radius 1 is 1.33 bits per heavy atom. The fourth-order valence-electron chi connectivity index (χ4n) is 1.56. The van der Waals surface area contributed by atoms with Crippen molar-refractivity contribution in [1.29, 1.82) is 0 Å². The van der Waals surface area contributed by atoms with Crippen LogP contribution in [-0.2, 0) is 30.0 Å². The van der Waals surface area contributed by atoms with Crippen molar-refractivity contribution in [3.05, 3.63) is 29.3 Å². The van der Waals surface area contributed by atoms with Gasteiger partial charge in [-0.25, -0.2) is 13.6 Å². The summed E-state index contributed by atoms with van der Waals surface area (Å²) in [6.07, 6.45) is 0.351. The standard InChI is InChI=1S/C14H21F2NO4S2Si/c1-23(20,10-7-12(15)11(9-18)13(16)8-10)22-17-14(19)21-5-6-24(2,3)4/h7-8,18H,5-6,9H2,1-4H3. The van der Waals surface area contributed by atoms with Gasteiger partial charge in [-0.15, -0.1) is 4.36 Å². The molecule has 1 aromatic rings. The van der Waals surface area contributed by atoms with E-state index < -0.39 is 46.5 Å². The Morgan fingerprint density at radius 2 is 1.88 bits per heavy atom. The SMILES string of the molecule is C[Si](C)(C)CCOC(=O)N=S=S(C)(=O)c1cc(F)c(CO)c(F)c1. The smallest absolute Gasteiger partial charge is 0.444 e. The van der Waals surface area contributed by atoms with Gasteiger partial charge in [-0.3, -0.25) is 4.21 Å². The first-order chi connectivity index (χ1) is 11.0. The number of carbonyl (C=O) groups is 1. The highest BCUT2D eigenvalue weighted by Gasteiger charge is 2.15. The Balaban J connectivity index is 3.00. The predicted molar refractivity (Wildman–Crippen MR) is 93.9 cm³/mol. The first kappa shape index (κ1) is 20.9. The van der Waals surface area contributed by atoms with E-state index in [-0.39, 0.29) is 11.5 Å². The molecule has 0 saturated heterocycles. The van der Waals surface area contributed by atoms with Gasteiger partial charge in [-0.2, -0.15) is 0 Å². The molecule has 1 rings (SSSR count). The van der Waals surface area contributed by atoms with E-state index >= 15 is 0 Å². The zero-order valence-corrected chi connectivity index (χ0v) is 16.6.